The molecule has 1 unspecified atom stereocenters. The van der Waals surface area contributed by atoms with E-state index in [-0.39, 0.29) is 11.5 Å². The Morgan fingerprint density at radius 3 is 2.57 bits per heavy atom. The smallest absolute Gasteiger partial charge is 0.409 e. The van der Waals surface area contributed by atoms with Crippen molar-refractivity contribution in [1.82, 2.24) is 9.80 Å². The van der Waals surface area contributed by atoms with Gasteiger partial charge in [0, 0.05) is 24.5 Å². The summed E-state index contributed by atoms with van der Waals surface area (Å²) < 4.78 is 5.09. The number of ether oxygens (including phenoxy) is 1. The lowest BCUT2D eigenvalue weighted by atomic mass is 9.81. The first kappa shape index (κ1) is 16.3. The number of hydrogen-bond donors (Lipinski definition) is 0. The number of nitrogens with zero attached hydrogens (tertiary/aromatic N) is 2. The number of rotatable bonds is 3. The summed E-state index contributed by atoms with van der Waals surface area (Å²) >= 11 is 0. The predicted molar refractivity (Wildman–Crippen MR) is 81.2 cm³/mol. The Labute approximate surface area is 127 Å². The van der Waals surface area contributed by atoms with Crippen molar-refractivity contribution in [3.8, 4) is 0 Å². The van der Waals surface area contributed by atoms with Gasteiger partial charge in [0.05, 0.1) is 6.61 Å². The molecule has 1 amide bonds. The first-order valence-electron chi connectivity index (χ1n) is 8.20. The van der Waals surface area contributed by atoms with Crippen LogP contribution in [0.25, 0.3) is 0 Å². The zero-order chi connectivity index (χ0) is 15.3. The third kappa shape index (κ3) is 4.19. The minimum absolute atomic E-state index is 0.127. The number of piperidine rings is 1. The van der Waals surface area contributed by atoms with E-state index < -0.39 is 0 Å². The Bertz CT molecular complexity index is 365. The van der Waals surface area contributed by atoms with Crippen LogP contribution in [0.15, 0.2) is 0 Å². The monoisotopic (exact) mass is 296 g/mol. The molecule has 2 heterocycles. The van der Waals surface area contributed by atoms with Gasteiger partial charge < -0.3 is 19.3 Å². The van der Waals surface area contributed by atoms with Gasteiger partial charge in [-0.3, -0.25) is 0 Å². The summed E-state index contributed by atoms with van der Waals surface area (Å²) in [6.07, 6.45) is 6.03. The average Bonchev–Trinajstić information content (AvgIpc) is 2.74. The lowest BCUT2D eigenvalue weighted by Gasteiger charge is -2.40. The first-order chi connectivity index (χ1) is 10.1. The number of likely N-dealkylation sites (tertiary alicyclic amines) is 2. The molecule has 0 spiro atoms. The van der Waals surface area contributed by atoms with Gasteiger partial charge >= 0.3 is 6.09 Å². The fourth-order valence-electron chi connectivity index (χ4n) is 3.36. The Hall–Kier alpha value is -1.10. The number of amides is 1. The normalized spacial score (nSPS) is 27.0. The lowest BCUT2D eigenvalue weighted by Crippen LogP contribution is -2.45. The summed E-state index contributed by atoms with van der Waals surface area (Å²) in [6, 6.07) is 0.542. The third-order valence-electron chi connectivity index (χ3n) is 4.96. The van der Waals surface area contributed by atoms with Gasteiger partial charge in [-0.2, -0.15) is 0 Å². The summed E-state index contributed by atoms with van der Waals surface area (Å²) in [7, 11) is 0. The third-order valence-corrected chi connectivity index (χ3v) is 4.96. The van der Waals surface area contributed by atoms with E-state index in [0.717, 1.165) is 64.6 Å². The molecule has 120 valence electrons. The van der Waals surface area contributed by atoms with Crippen LogP contribution in [0, 0.1) is 5.41 Å². The van der Waals surface area contributed by atoms with Crippen LogP contribution < -0.4 is 0 Å². The molecular formula is C16H28N2O3. The molecule has 0 saturated carbocycles. The summed E-state index contributed by atoms with van der Waals surface area (Å²) in [5.41, 5.74) is -0.127. The Balaban J connectivity index is 1.83. The second-order valence-electron chi connectivity index (χ2n) is 6.58. The Morgan fingerprint density at radius 2 is 1.95 bits per heavy atom. The molecule has 2 rings (SSSR count). The second kappa shape index (κ2) is 7.25. The van der Waals surface area contributed by atoms with E-state index >= 15 is 0 Å². The first-order valence-corrected chi connectivity index (χ1v) is 8.20. The molecular weight excluding hydrogens is 268 g/mol. The molecule has 5 nitrogen and oxygen atoms in total. The second-order valence-corrected chi connectivity index (χ2v) is 6.58. The minimum atomic E-state index is -0.176. The van der Waals surface area contributed by atoms with Crippen LogP contribution in [0.4, 0.5) is 4.79 Å². The molecule has 0 aromatic rings. The van der Waals surface area contributed by atoms with Crippen LogP contribution in [-0.4, -0.2) is 61.0 Å². The number of hydrogen-bond acceptors (Lipinski definition) is 4. The summed E-state index contributed by atoms with van der Waals surface area (Å²) in [5.74, 6) is 0. The number of aldehydes is 1. The molecule has 2 fully saturated rings. The van der Waals surface area contributed by atoms with Gasteiger partial charge in [0.15, 0.2) is 0 Å². The van der Waals surface area contributed by atoms with E-state index in [1.807, 2.05) is 11.8 Å². The SMILES string of the molecule is CCOC(=O)N1CCCC(N2CCC(C)(C=O)CC2)CC1. The number of carbonyl (C=O) groups is 2. The summed E-state index contributed by atoms with van der Waals surface area (Å²) in [4.78, 5) is 27.3. The van der Waals surface area contributed by atoms with Gasteiger partial charge in [0.25, 0.3) is 0 Å². The highest BCUT2D eigenvalue weighted by Crippen LogP contribution is 2.31. The fraction of sp³-hybridized carbons (Fsp3) is 0.875. The predicted octanol–water partition coefficient (Wildman–Crippen LogP) is 2.30. The highest BCUT2D eigenvalue weighted by molar-refractivity contribution is 5.67. The number of carbonyl (C=O) groups excluding carboxylic acids is 2. The topological polar surface area (TPSA) is 49.9 Å². The maximum Gasteiger partial charge on any atom is 0.409 e. The highest BCUT2D eigenvalue weighted by atomic mass is 16.6. The molecule has 0 bridgehead atoms. The zero-order valence-electron chi connectivity index (χ0n) is 13.3. The van der Waals surface area contributed by atoms with E-state index in [1.54, 1.807) is 0 Å². The van der Waals surface area contributed by atoms with Crippen molar-refractivity contribution in [3.63, 3.8) is 0 Å². The van der Waals surface area contributed by atoms with Crippen LogP contribution in [0.5, 0.6) is 0 Å². The van der Waals surface area contributed by atoms with Crippen LogP contribution in [-0.2, 0) is 9.53 Å². The van der Waals surface area contributed by atoms with Crippen molar-refractivity contribution in [1.29, 1.82) is 0 Å². The van der Waals surface area contributed by atoms with Crippen molar-refractivity contribution in [2.24, 2.45) is 5.41 Å². The van der Waals surface area contributed by atoms with Gasteiger partial charge in [0.2, 0.25) is 0 Å². The average molecular weight is 296 g/mol. The van der Waals surface area contributed by atoms with Crippen molar-refractivity contribution in [2.75, 3.05) is 32.8 Å². The zero-order valence-corrected chi connectivity index (χ0v) is 13.3. The van der Waals surface area contributed by atoms with E-state index in [2.05, 4.69) is 11.8 Å². The maximum absolute atomic E-state index is 11.8. The molecule has 0 N–H and O–H groups in total. The molecule has 0 aromatic heterocycles. The van der Waals surface area contributed by atoms with Gasteiger partial charge in [-0.15, -0.1) is 0 Å². The van der Waals surface area contributed by atoms with Crippen molar-refractivity contribution in [3.05, 3.63) is 0 Å². The quantitative estimate of drug-likeness (QED) is 0.750. The van der Waals surface area contributed by atoms with E-state index in [0.29, 0.717) is 12.6 Å². The largest absolute Gasteiger partial charge is 0.450 e. The van der Waals surface area contributed by atoms with Crippen LogP contribution in [0.2, 0.25) is 0 Å². The molecule has 21 heavy (non-hydrogen) atoms. The Morgan fingerprint density at radius 1 is 1.24 bits per heavy atom. The lowest BCUT2D eigenvalue weighted by molar-refractivity contribution is -0.118. The van der Waals surface area contributed by atoms with Crippen molar-refractivity contribution in [2.45, 2.75) is 52.0 Å². The molecule has 2 saturated heterocycles. The highest BCUT2D eigenvalue weighted by Gasteiger charge is 2.33. The standard InChI is InChI=1S/C16H28N2O3/c1-3-21-15(20)18-9-4-5-14(6-10-18)17-11-7-16(2,13-19)8-12-17/h13-14H,3-12H2,1-2H3. The van der Waals surface area contributed by atoms with Crippen LogP contribution >= 0.6 is 0 Å². The van der Waals surface area contributed by atoms with Gasteiger partial charge in [-0.25, -0.2) is 4.79 Å². The summed E-state index contributed by atoms with van der Waals surface area (Å²) in [5, 5.41) is 0. The van der Waals surface area contributed by atoms with Gasteiger partial charge in [-0.1, -0.05) is 6.92 Å². The molecule has 1 atom stereocenters. The summed E-state index contributed by atoms with van der Waals surface area (Å²) in [6.45, 7) is 7.93. The minimum Gasteiger partial charge on any atom is -0.450 e. The maximum atomic E-state index is 11.8. The molecule has 0 aliphatic carbocycles. The van der Waals surface area contributed by atoms with E-state index in [4.69, 9.17) is 4.74 Å². The van der Waals surface area contributed by atoms with Gasteiger partial charge in [-0.05, 0) is 52.1 Å². The van der Waals surface area contributed by atoms with E-state index in [9.17, 15) is 9.59 Å². The van der Waals surface area contributed by atoms with Crippen molar-refractivity contribution < 1.29 is 14.3 Å². The molecule has 0 radical (unpaired) electrons. The Kier molecular flexibility index (Phi) is 5.62. The molecule has 2 aliphatic heterocycles. The molecule has 0 aromatic carbocycles. The van der Waals surface area contributed by atoms with Crippen LogP contribution in [0.3, 0.4) is 0 Å². The van der Waals surface area contributed by atoms with Crippen molar-refractivity contribution >= 4 is 12.4 Å². The van der Waals surface area contributed by atoms with Gasteiger partial charge in [0.1, 0.15) is 6.29 Å². The molecule has 5 heteroatoms. The van der Waals surface area contributed by atoms with Crippen LogP contribution in [0.1, 0.15) is 46.0 Å². The fourth-order valence-corrected chi connectivity index (χ4v) is 3.36. The van der Waals surface area contributed by atoms with E-state index in [1.165, 1.54) is 0 Å². The molecule has 2 aliphatic rings.